The molecule has 2 aromatic rings. The maximum atomic E-state index is 11.9. The minimum atomic E-state index is -0.109. The molecule has 0 spiro atoms. The smallest absolute Gasteiger partial charge is 0.254 e. The number of amides is 1. The van der Waals surface area contributed by atoms with Crippen molar-refractivity contribution in [2.75, 3.05) is 0 Å². The predicted molar refractivity (Wildman–Crippen MR) is 60.3 cm³/mol. The van der Waals surface area contributed by atoms with Gasteiger partial charge in [0.05, 0.1) is 29.8 Å². The molecule has 0 fully saturated rings. The fourth-order valence-corrected chi connectivity index (χ4v) is 2.24. The van der Waals surface area contributed by atoms with Crippen LogP contribution in [0, 0.1) is 0 Å². The minimum Gasteiger partial charge on any atom is -0.343 e. The Hall–Kier alpha value is -2.11. The first-order chi connectivity index (χ1) is 8.25. The summed E-state index contributed by atoms with van der Waals surface area (Å²) < 4.78 is 2.01. The molecule has 3 rings (SSSR count). The van der Waals surface area contributed by atoms with E-state index in [2.05, 4.69) is 20.5 Å². The van der Waals surface area contributed by atoms with Crippen molar-refractivity contribution in [1.82, 2.24) is 25.1 Å². The highest BCUT2D eigenvalue weighted by atomic mass is 16.1. The number of fused-ring (bicyclic) bond motifs is 1. The molecule has 2 heterocycles. The van der Waals surface area contributed by atoms with Crippen LogP contribution in [-0.4, -0.2) is 25.7 Å². The first kappa shape index (κ1) is 10.1. The zero-order valence-corrected chi connectivity index (χ0v) is 9.47. The van der Waals surface area contributed by atoms with Gasteiger partial charge in [0.2, 0.25) is 0 Å². The second-order valence-corrected chi connectivity index (χ2v) is 4.24. The van der Waals surface area contributed by atoms with Gasteiger partial charge in [0.1, 0.15) is 0 Å². The molecular weight excluding hydrogens is 218 g/mol. The van der Waals surface area contributed by atoms with Crippen LogP contribution in [0.1, 0.15) is 34.2 Å². The summed E-state index contributed by atoms with van der Waals surface area (Å²) in [5.74, 6) is -0.109. The highest BCUT2D eigenvalue weighted by Gasteiger charge is 2.28. The topological polar surface area (TPSA) is 75.6 Å². The number of hydrogen-bond donors (Lipinski definition) is 2. The van der Waals surface area contributed by atoms with Gasteiger partial charge < -0.3 is 9.88 Å². The number of aryl methyl sites for hydroxylation is 1. The first-order valence-electron chi connectivity index (χ1n) is 5.55. The number of hydrogen-bond acceptors (Lipinski definition) is 3. The molecule has 0 aliphatic heterocycles. The van der Waals surface area contributed by atoms with E-state index in [4.69, 9.17) is 0 Å². The fraction of sp³-hybridized carbons (Fsp3) is 0.364. The maximum absolute atomic E-state index is 11.9. The number of rotatable bonds is 2. The number of carbonyl (C=O) groups excluding carboxylic acids is 1. The van der Waals surface area contributed by atoms with Crippen LogP contribution in [0.2, 0.25) is 0 Å². The van der Waals surface area contributed by atoms with Crippen molar-refractivity contribution in [3.8, 4) is 0 Å². The Balaban J connectivity index is 1.78. The number of H-pyrrole nitrogens is 1. The third kappa shape index (κ3) is 1.61. The van der Waals surface area contributed by atoms with E-state index in [1.54, 1.807) is 12.5 Å². The predicted octanol–water partition coefficient (Wildman–Crippen LogP) is 0.560. The molecule has 1 atom stereocenters. The summed E-state index contributed by atoms with van der Waals surface area (Å²) in [6.45, 7) is 0. The van der Waals surface area contributed by atoms with Crippen LogP contribution < -0.4 is 5.32 Å². The normalized spacial score (nSPS) is 18.1. The van der Waals surface area contributed by atoms with Crippen LogP contribution in [0.4, 0.5) is 0 Å². The molecule has 2 aromatic heterocycles. The van der Waals surface area contributed by atoms with E-state index < -0.39 is 0 Å². The first-order valence-corrected chi connectivity index (χ1v) is 5.55. The molecule has 0 unspecified atom stereocenters. The zero-order valence-electron chi connectivity index (χ0n) is 9.47. The third-order valence-corrected chi connectivity index (χ3v) is 3.16. The molecule has 0 radical (unpaired) electrons. The molecule has 1 amide bonds. The molecule has 0 aromatic carbocycles. The molecule has 0 bridgehead atoms. The maximum Gasteiger partial charge on any atom is 0.254 e. The van der Waals surface area contributed by atoms with E-state index in [0.717, 1.165) is 18.5 Å². The van der Waals surface area contributed by atoms with Crippen LogP contribution >= 0.6 is 0 Å². The molecule has 0 saturated carbocycles. The largest absolute Gasteiger partial charge is 0.343 e. The SMILES string of the molecule is Cn1cnc2c1CC[C@H]2NC(=O)c1cn[nH]c1. The van der Waals surface area contributed by atoms with E-state index in [0.29, 0.717) is 5.56 Å². The Morgan fingerprint density at radius 1 is 1.65 bits per heavy atom. The average molecular weight is 231 g/mol. The molecule has 88 valence electrons. The molecular formula is C11H13N5O. The van der Waals surface area contributed by atoms with Gasteiger partial charge in [-0.25, -0.2) is 4.98 Å². The summed E-state index contributed by atoms with van der Waals surface area (Å²) in [6, 6.07) is 0.0219. The summed E-state index contributed by atoms with van der Waals surface area (Å²) >= 11 is 0. The lowest BCUT2D eigenvalue weighted by molar-refractivity contribution is 0.0936. The third-order valence-electron chi connectivity index (χ3n) is 3.16. The van der Waals surface area contributed by atoms with Crippen molar-refractivity contribution in [2.24, 2.45) is 7.05 Å². The standard InChI is InChI=1S/C11H13N5O/c1-16-6-12-10-8(2-3-9(10)16)15-11(17)7-4-13-14-5-7/h4-6,8H,2-3H2,1H3,(H,13,14)(H,15,17)/t8-/m1/s1. The van der Waals surface area contributed by atoms with Gasteiger partial charge in [0.25, 0.3) is 5.91 Å². The molecule has 17 heavy (non-hydrogen) atoms. The number of aromatic nitrogens is 4. The average Bonchev–Trinajstić information content (AvgIpc) is 3.00. The summed E-state index contributed by atoms with van der Waals surface area (Å²) in [6.07, 6.45) is 6.77. The lowest BCUT2D eigenvalue weighted by atomic mass is 10.2. The Kier molecular flexibility index (Phi) is 2.21. The summed E-state index contributed by atoms with van der Waals surface area (Å²) in [7, 11) is 1.98. The van der Waals surface area contributed by atoms with Gasteiger partial charge in [0, 0.05) is 18.9 Å². The van der Waals surface area contributed by atoms with Gasteiger partial charge in [0.15, 0.2) is 0 Å². The van der Waals surface area contributed by atoms with Gasteiger partial charge in [-0.05, 0) is 12.8 Å². The second-order valence-electron chi connectivity index (χ2n) is 4.24. The Bertz CT molecular complexity index is 542. The van der Waals surface area contributed by atoms with E-state index in [1.165, 1.54) is 11.9 Å². The number of aromatic amines is 1. The van der Waals surface area contributed by atoms with E-state index in [-0.39, 0.29) is 11.9 Å². The molecule has 2 N–H and O–H groups in total. The van der Waals surface area contributed by atoms with Crippen molar-refractivity contribution in [1.29, 1.82) is 0 Å². The summed E-state index contributed by atoms with van der Waals surface area (Å²) in [4.78, 5) is 16.2. The van der Waals surface area contributed by atoms with Crippen LogP contribution in [0.3, 0.4) is 0 Å². The summed E-state index contributed by atoms with van der Waals surface area (Å²) in [5.41, 5.74) is 2.75. The lowest BCUT2D eigenvalue weighted by Crippen LogP contribution is -2.27. The Morgan fingerprint density at radius 3 is 3.29 bits per heavy atom. The van der Waals surface area contributed by atoms with Crippen LogP contribution in [0.25, 0.3) is 0 Å². The summed E-state index contributed by atoms with van der Waals surface area (Å²) in [5, 5.41) is 9.36. The number of imidazole rings is 1. The zero-order chi connectivity index (χ0) is 11.8. The molecule has 1 aliphatic rings. The van der Waals surface area contributed by atoms with Crippen molar-refractivity contribution < 1.29 is 4.79 Å². The van der Waals surface area contributed by atoms with Gasteiger partial charge in [-0.1, -0.05) is 0 Å². The lowest BCUT2D eigenvalue weighted by Gasteiger charge is -2.10. The quantitative estimate of drug-likeness (QED) is 0.793. The van der Waals surface area contributed by atoms with Crippen molar-refractivity contribution >= 4 is 5.91 Å². The van der Waals surface area contributed by atoms with Crippen LogP contribution in [0.15, 0.2) is 18.7 Å². The van der Waals surface area contributed by atoms with E-state index in [9.17, 15) is 4.79 Å². The highest BCUT2D eigenvalue weighted by molar-refractivity contribution is 5.93. The number of nitrogens with one attached hydrogen (secondary N) is 2. The van der Waals surface area contributed by atoms with Gasteiger partial charge >= 0.3 is 0 Å². The Labute approximate surface area is 98.1 Å². The van der Waals surface area contributed by atoms with Gasteiger partial charge in [-0.3, -0.25) is 9.89 Å². The number of nitrogens with zero attached hydrogens (tertiary/aromatic N) is 3. The highest BCUT2D eigenvalue weighted by Crippen LogP contribution is 2.29. The second kappa shape index (κ2) is 3.73. The monoisotopic (exact) mass is 231 g/mol. The van der Waals surface area contributed by atoms with Crippen molar-refractivity contribution in [3.05, 3.63) is 35.7 Å². The number of carbonyl (C=O) groups is 1. The Morgan fingerprint density at radius 2 is 2.53 bits per heavy atom. The van der Waals surface area contributed by atoms with Crippen LogP contribution in [-0.2, 0) is 13.5 Å². The van der Waals surface area contributed by atoms with E-state index in [1.807, 2.05) is 11.6 Å². The van der Waals surface area contributed by atoms with Crippen molar-refractivity contribution in [2.45, 2.75) is 18.9 Å². The van der Waals surface area contributed by atoms with Gasteiger partial charge in [-0.15, -0.1) is 0 Å². The molecule has 6 nitrogen and oxygen atoms in total. The molecule has 0 saturated heterocycles. The minimum absolute atomic E-state index is 0.0219. The fourth-order valence-electron chi connectivity index (χ4n) is 2.24. The van der Waals surface area contributed by atoms with E-state index >= 15 is 0 Å². The molecule has 1 aliphatic carbocycles. The molecule has 6 heteroatoms. The van der Waals surface area contributed by atoms with Crippen LogP contribution in [0.5, 0.6) is 0 Å². The van der Waals surface area contributed by atoms with Crippen molar-refractivity contribution in [3.63, 3.8) is 0 Å². The van der Waals surface area contributed by atoms with Gasteiger partial charge in [-0.2, -0.15) is 5.10 Å².